The van der Waals surface area contributed by atoms with Gasteiger partial charge in [-0.05, 0) is 18.7 Å². The van der Waals surface area contributed by atoms with E-state index < -0.39 is 0 Å². The van der Waals surface area contributed by atoms with E-state index in [1.54, 1.807) is 0 Å². The van der Waals surface area contributed by atoms with Crippen LogP contribution >= 0.6 is 11.8 Å². The molecule has 0 aromatic heterocycles. The molecule has 0 fully saturated rings. The monoisotopic (exact) mass is 147 g/mol. The van der Waals surface area contributed by atoms with Crippen LogP contribution in [0.4, 0.5) is 0 Å². The summed E-state index contributed by atoms with van der Waals surface area (Å²) in [6, 6.07) is 0. The van der Waals surface area contributed by atoms with E-state index in [9.17, 15) is 0 Å². The smallest absolute Gasteiger partial charge is 0.0115 e. The summed E-state index contributed by atoms with van der Waals surface area (Å²) in [4.78, 5) is 0. The van der Waals surface area contributed by atoms with Gasteiger partial charge in [0.2, 0.25) is 0 Å². The van der Waals surface area contributed by atoms with Gasteiger partial charge in [0.15, 0.2) is 0 Å². The predicted octanol–water partition coefficient (Wildman–Crippen LogP) is 1.87. The quantitative estimate of drug-likeness (QED) is 0.657. The maximum Gasteiger partial charge on any atom is 0.0115 e. The molecular weight excluding hydrogens is 130 g/mol. The Kier molecular flexibility index (Phi) is 4.32. The zero-order valence-corrected chi connectivity index (χ0v) is 7.42. The Morgan fingerprint density at radius 1 is 1.44 bits per heavy atom. The van der Waals surface area contributed by atoms with Crippen molar-refractivity contribution in [3.05, 3.63) is 0 Å². The van der Waals surface area contributed by atoms with Gasteiger partial charge in [-0.2, -0.15) is 11.8 Å². The third-order valence-electron chi connectivity index (χ3n) is 1.28. The van der Waals surface area contributed by atoms with Crippen LogP contribution in [0.5, 0.6) is 0 Å². The summed E-state index contributed by atoms with van der Waals surface area (Å²) in [5.41, 5.74) is 5.43. The molecule has 0 aromatic rings. The number of thioether (sulfide) groups is 1. The number of nitrogens with two attached hydrogens (primary N) is 1. The van der Waals surface area contributed by atoms with Crippen LogP contribution in [0.15, 0.2) is 0 Å². The van der Waals surface area contributed by atoms with E-state index in [1.807, 2.05) is 11.8 Å². The second-order valence-corrected chi connectivity index (χ2v) is 4.70. The Morgan fingerprint density at radius 2 is 2.00 bits per heavy atom. The molecule has 0 aliphatic rings. The van der Waals surface area contributed by atoms with Gasteiger partial charge in [0, 0.05) is 4.75 Å². The predicted molar refractivity (Wildman–Crippen MR) is 45.9 cm³/mol. The first-order valence-electron chi connectivity index (χ1n) is 3.46. The third-order valence-corrected chi connectivity index (χ3v) is 2.56. The van der Waals surface area contributed by atoms with Crippen LogP contribution in [-0.2, 0) is 0 Å². The van der Waals surface area contributed by atoms with Gasteiger partial charge < -0.3 is 5.73 Å². The van der Waals surface area contributed by atoms with Crippen molar-refractivity contribution in [2.75, 3.05) is 12.3 Å². The van der Waals surface area contributed by atoms with E-state index >= 15 is 0 Å². The van der Waals surface area contributed by atoms with Crippen LogP contribution in [0.2, 0.25) is 0 Å². The largest absolute Gasteiger partial charge is 0.330 e. The van der Waals surface area contributed by atoms with Gasteiger partial charge in [-0.25, -0.2) is 0 Å². The van der Waals surface area contributed by atoms with Crippen LogP contribution in [0, 0.1) is 0 Å². The third kappa shape index (κ3) is 4.79. The summed E-state index contributed by atoms with van der Waals surface area (Å²) < 4.78 is 0.392. The highest BCUT2D eigenvalue weighted by atomic mass is 32.2. The van der Waals surface area contributed by atoms with Crippen molar-refractivity contribution in [2.45, 2.75) is 31.9 Å². The van der Waals surface area contributed by atoms with Crippen molar-refractivity contribution in [1.29, 1.82) is 0 Å². The fourth-order valence-electron chi connectivity index (χ4n) is 0.811. The van der Waals surface area contributed by atoms with Gasteiger partial charge in [0.1, 0.15) is 0 Å². The average molecular weight is 147 g/mol. The van der Waals surface area contributed by atoms with Crippen LogP contribution in [-0.4, -0.2) is 17.0 Å². The van der Waals surface area contributed by atoms with Gasteiger partial charge in [0.25, 0.3) is 0 Å². The summed E-state index contributed by atoms with van der Waals surface area (Å²) in [5.74, 6) is 1.19. The minimum Gasteiger partial charge on any atom is -0.330 e. The molecule has 9 heavy (non-hydrogen) atoms. The number of hydrogen-bond donors (Lipinski definition) is 1. The molecule has 0 radical (unpaired) electrons. The van der Waals surface area contributed by atoms with Crippen LogP contribution < -0.4 is 5.73 Å². The van der Waals surface area contributed by atoms with E-state index in [0.29, 0.717) is 4.75 Å². The maximum absolute atomic E-state index is 5.43. The SMILES string of the molecule is CCSC(C)(C)CCN. The molecule has 0 saturated heterocycles. The maximum atomic E-state index is 5.43. The molecule has 0 aliphatic heterocycles. The van der Waals surface area contributed by atoms with Crippen molar-refractivity contribution < 1.29 is 0 Å². The van der Waals surface area contributed by atoms with E-state index in [2.05, 4.69) is 20.8 Å². The second-order valence-electron chi connectivity index (χ2n) is 2.73. The molecule has 56 valence electrons. The van der Waals surface area contributed by atoms with Crippen molar-refractivity contribution >= 4 is 11.8 Å². The molecule has 0 heterocycles. The lowest BCUT2D eigenvalue weighted by molar-refractivity contribution is 0.649. The Labute approximate surface area is 62.4 Å². The van der Waals surface area contributed by atoms with Crippen LogP contribution in [0.1, 0.15) is 27.2 Å². The molecule has 0 saturated carbocycles. The van der Waals surface area contributed by atoms with E-state index in [0.717, 1.165) is 13.0 Å². The highest BCUT2D eigenvalue weighted by Crippen LogP contribution is 2.26. The minimum absolute atomic E-state index is 0.392. The molecule has 0 aliphatic carbocycles. The molecule has 1 nitrogen and oxygen atoms in total. The van der Waals surface area contributed by atoms with E-state index in [1.165, 1.54) is 5.75 Å². The molecule has 0 atom stereocenters. The number of hydrogen-bond acceptors (Lipinski definition) is 2. The van der Waals surface area contributed by atoms with Crippen LogP contribution in [0.25, 0.3) is 0 Å². The lowest BCUT2D eigenvalue weighted by Crippen LogP contribution is -2.19. The van der Waals surface area contributed by atoms with E-state index in [4.69, 9.17) is 5.73 Å². The fourth-order valence-corrected chi connectivity index (χ4v) is 1.85. The molecule has 0 bridgehead atoms. The van der Waals surface area contributed by atoms with Crippen molar-refractivity contribution in [1.82, 2.24) is 0 Å². The summed E-state index contributed by atoms with van der Waals surface area (Å²) in [7, 11) is 0. The first-order chi connectivity index (χ1) is 4.12. The van der Waals surface area contributed by atoms with Gasteiger partial charge in [0.05, 0.1) is 0 Å². The summed E-state index contributed by atoms with van der Waals surface area (Å²) in [6.07, 6.45) is 1.12. The molecule has 0 unspecified atom stereocenters. The lowest BCUT2D eigenvalue weighted by atomic mass is 10.1. The van der Waals surface area contributed by atoms with Crippen molar-refractivity contribution in [2.24, 2.45) is 5.73 Å². The Bertz CT molecular complexity index is 63.3. The van der Waals surface area contributed by atoms with Gasteiger partial charge >= 0.3 is 0 Å². The standard InChI is InChI=1S/C7H17NS/c1-4-9-7(2,3)5-6-8/h4-6,8H2,1-3H3. The van der Waals surface area contributed by atoms with E-state index in [-0.39, 0.29) is 0 Å². The highest BCUT2D eigenvalue weighted by Gasteiger charge is 2.14. The molecule has 2 heteroatoms. The fraction of sp³-hybridized carbons (Fsp3) is 1.00. The zero-order valence-electron chi connectivity index (χ0n) is 6.61. The Hall–Kier alpha value is 0.310. The lowest BCUT2D eigenvalue weighted by Gasteiger charge is -2.21. The molecule has 0 aromatic carbocycles. The van der Waals surface area contributed by atoms with Gasteiger partial charge in [-0.3, -0.25) is 0 Å². The summed E-state index contributed by atoms with van der Waals surface area (Å²) >= 11 is 1.98. The molecule has 0 amide bonds. The summed E-state index contributed by atoms with van der Waals surface area (Å²) in [6.45, 7) is 7.48. The molecular formula is C7H17NS. The van der Waals surface area contributed by atoms with Crippen molar-refractivity contribution in [3.63, 3.8) is 0 Å². The van der Waals surface area contributed by atoms with Gasteiger partial charge in [-0.1, -0.05) is 20.8 Å². The highest BCUT2D eigenvalue weighted by molar-refractivity contribution is 8.00. The molecule has 2 N–H and O–H groups in total. The zero-order chi connectivity index (χ0) is 7.33. The van der Waals surface area contributed by atoms with Gasteiger partial charge in [-0.15, -0.1) is 0 Å². The Balaban J connectivity index is 3.43. The first-order valence-corrected chi connectivity index (χ1v) is 4.45. The average Bonchev–Trinajstić information content (AvgIpc) is 1.64. The topological polar surface area (TPSA) is 26.0 Å². The summed E-state index contributed by atoms with van der Waals surface area (Å²) in [5, 5.41) is 0. The van der Waals surface area contributed by atoms with Crippen molar-refractivity contribution in [3.8, 4) is 0 Å². The van der Waals surface area contributed by atoms with Crippen LogP contribution in [0.3, 0.4) is 0 Å². The first kappa shape index (κ1) is 9.31. The Morgan fingerprint density at radius 3 is 2.33 bits per heavy atom. The molecule has 0 spiro atoms. The minimum atomic E-state index is 0.392. The second kappa shape index (κ2) is 4.18. The normalized spacial score (nSPS) is 12.0. The number of rotatable bonds is 4. The molecule has 0 rings (SSSR count).